The van der Waals surface area contributed by atoms with E-state index in [1.807, 2.05) is 37.6 Å². The van der Waals surface area contributed by atoms with Gasteiger partial charge in [0.15, 0.2) is 0 Å². The van der Waals surface area contributed by atoms with Gasteiger partial charge in [0.25, 0.3) is 0 Å². The fourth-order valence-electron chi connectivity index (χ4n) is 5.65. The van der Waals surface area contributed by atoms with Crippen LogP contribution < -0.4 is 14.9 Å². The molecule has 272 valence electrons. The maximum atomic E-state index is 13.2. The molecule has 0 bridgehead atoms. The number of aromatic nitrogens is 3. The van der Waals surface area contributed by atoms with Crippen LogP contribution in [0, 0.1) is 11.6 Å². The Hall–Kier alpha value is -4.19. The highest BCUT2D eigenvalue weighted by Crippen LogP contribution is 2.31. The van der Waals surface area contributed by atoms with Crippen LogP contribution in [-0.4, -0.2) is 47.7 Å². The normalized spacial score (nSPS) is 12.4. The van der Waals surface area contributed by atoms with Gasteiger partial charge in [0.1, 0.15) is 17.5 Å². The lowest BCUT2D eigenvalue weighted by Gasteiger charge is -2.21. The molecule has 0 aliphatic carbocycles. The van der Waals surface area contributed by atoms with Crippen LogP contribution in [0.5, 0.6) is 0 Å². The zero-order valence-corrected chi connectivity index (χ0v) is 30.6. The lowest BCUT2D eigenvalue weighted by atomic mass is 9.95. The van der Waals surface area contributed by atoms with E-state index in [1.54, 1.807) is 42.3 Å². The number of benzene rings is 3. The molecular formula is C40H48F4N6S. The number of hydrogen-bond acceptors (Lipinski definition) is 6. The Bertz CT molecular complexity index is 1760. The monoisotopic (exact) mass is 720 g/mol. The Labute approximate surface area is 303 Å². The van der Waals surface area contributed by atoms with Gasteiger partial charge in [-0.2, -0.15) is 13.9 Å². The van der Waals surface area contributed by atoms with Gasteiger partial charge < -0.3 is 10.2 Å². The lowest BCUT2D eigenvalue weighted by Crippen LogP contribution is -2.22. The van der Waals surface area contributed by atoms with E-state index in [-0.39, 0.29) is 11.6 Å². The zero-order chi connectivity index (χ0) is 36.6. The molecule has 6 rings (SSSR count). The molecule has 0 radical (unpaired) electrons. The predicted molar refractivity (Wildman–Crippen MR) is 204 cm³/mol. The smallest absolute Gasteiger partial charge is 0.333 e. The SMILES string of the molecule is CCC.CNCCCc1ccc(-c2ccc(F)cc2)cc1-c1ccn(C(F)F)n1.CSNCc1ccc(-c2ccc(F)cc2)nc1N1CCCC1. The maximum absolute atomic E-state index is 13.2. The van der Waals surface area contributed by atoms with E-state index >= 15 is 0 Å². The van der Waals surface area contributed by atoms with E-state index in [0.717, 1.165) is 78.3 Å². The first-order chi connectivity index (χ1) is 24.8. The van der Waals surface area contributed by atoms with Gasteiger partial charge in [-0.05, 0) is 117 Å². The van der Waals surface area contributed by atoms with Gasteiger partial charge in [0.05, 0.1) is 11.4 Å². The first-order valence-electron chi connectivity index (χ1n) is 17.4. The number of halogens is 4. The molecule has 0 atom stereocenters. The van der Waals surface area contributed by atoms with Crippen molar-refractivity contribution in [2.75, 3.05) is 37.8 Å². The van der Waals surface area contributed by atoms with Gasteiger partial charge in [-0.1, -0.05) is 62.5 Å². The number of anilines is 1. The van der Waals surface area contributed by atoms with Crippen molar-refractivity contribution in [3.05, 3.63) is 114 Å². The summed E-state index contributed by atoms with van der Waals surface area (Å²) in [4.78, 5) is 7.21. The number of rotatable bonds is 12. The Morgan fingerprint density at radius 1 is 0.784 bits per heavy atom. The first kappa shape index (κ1) is 39.6. The van der Waals surface area contributed by atoms with E-state index in [4.69, 9.17) is 4.98 Å². The fraction of sp³-hybridized carbons (Fsp3) is 0.350. The highest BCUT2D eigenvalue weighted by atomic mass is 32.2. The summed E-state index contributed by atoms with van der Waals surface area (Å²) < 4.78 is 56.0. The zero-order valence-electron chi connectivity index (χ0n) is 29.8. The average Bonchev–Trinajstić information content (AvgIpc) is 3.86. The van der Waals surface area contributed by atoms with E-state index in [1.165, 1.54) is 55.3 Å². The van der Waals surface area contributed by atoms with E-state index in [0.29, 0.717) is 10.4 Å². The minimum absolute atomic E-state index is 0.218. The summed E-state index contributed by atoms with van der Waals surface area (Å²) in [5, 5.41) is 7.11. The summed E-state index contributed by atoms with van der Waals surface area (Å²) >= 11 is 1.61. The third kappa shape index (κ3) is 11.7. The van der Waals surface area contributed by atoms with Crippen LogP contribution in [0.15, 0.2) is 91.1 Å². The number of nitrogens with one attached hydrogen (secondary N) is 2. The Morgan fingerprint density at radius 3 is 1.98 bits per heavy atom. The largest absolute Gasteiger partial charge is 0.356 e. The summed E-state index contributed by atoms with van der Waals surface area (Å²) in [6.07, 6.45) is 8.73. The van der Waals surface area contributed by atoms with Gasteiger partial charge in [-0.25, -0.2) is 18.4 Å². The van der Waals surface area contributed by atoms with Crippen LogP contribution in [0.4, 0.5) is 23.4 Å². The molecule has 0 saturated carbocycles. The summed E-state index contributed by atoms with van der Waals surface area (Å²) in [6, 6.07) is 24.4. The van der Waals surface area contributed by atoms with Crippen molar-refractivity contribution in [2.24, 2.45) is 0 Å². The van der Waals surface area contributed by atoms with Gasteiger partial charge >= 0.3 is 6.55 Å². The summed E-state index contributed by atoms with van der Waals surface area (Å²) in [5.74, 6) is 0.540. The molecule has 0 unspecified atom stereocenters. The van der Waals surface area contributed by atoms with Crippen LogP contribution >= 0.6 is 11.9 Å². The Morgan fingerprint density at radius 2 is 1.39 bits per heavy atom. The van der Waals surface area contributed by atoms with Crippen molar-refractivity contribution in [3.63, 3.8) is 0 Å². The number of alkyl halides is 2. The molecule has 1 aliphatic heterocycles. The van der Waals surface area contributed by atoms with Gasteiger partial charge in [0.2, 0.25) is 0 Å². The number of hydrogen-bond donors (Lipinski definition) is 2. The third-order valence-electron chi connectivity index (χ3n) is 8.15. The standard InChI is InChI=1S/C20H20F3N3.C17H20FN3S.C3H8/c1-24-11-2-3-15-4-5-16(14-6-8-17(21)9-7-14)13-18(15)19-10-12-26(25-19)20(22)23;1-22-19-12-14-6-9-16(13-4-7-15(18)8-5-13)20-17(14)21-10-2-3-11-21;1-3-2/h4-10,12-13,20,24H,2-3,11H2,1H3;4-9,19H,2-3,10-12H2,1H3;3H2,1-2H3. The second-order valence-corrected chi connectivity index (χ2v) is 12.9. The van der Waals surface area contributed by atoms with Gasteiger partial charge in [0, 0.05) is 42.5 Å². The van der Waals surface area contributed by atoms with Gasteiger partial charge in [-0.15, -0.1) is 0 Å². The van der Waals surface area contributed by atoms with Crippen molar-refractivity contribution in [3.8, 4) is 33.6 Å². The molecule has 51 heavy (non-hydrogen) atoms. The number of nitrogens with zero attached hydrogens (tertiary/aromatic N) is 4. The van der Waals surface area contributed by atoms with E-state index < -0.39 is 6.55 Å². The Balaban J connectivity index is 0.000000215. The summed E-state index contributed by atoms with van der Waals surface area (Å²) in [6.45, 7) is 5.36. The number of pyridine rings is 1. The Kier molecular flexibility index (Phi) is 16.0. The van der Waals surface area contributed by atoms with Gasteiger partial charge in [-0.3, -0.25) is 4.72 Å². The molecule has 2 aromatic heterocycles. The maximum Gasteiger partial charge on any atom is 0.333 e. The molecule has 5 aromatic rings. The second-order valence-electron chi connectivity index (χ2n) is 12.2. The predicted octanol–water partition coefficient (Wildman–Crippen LogP) is 10.2. The molecule has 3 aromatic carbocycles. The molecule has 1 fully saturated rings. The molecule has 0 spiro atoms. The van der Waals surface area contributed by atoms with Crippen LogP contribution in [0.3, 0.4) is 0 Å². The minimum atomic E-state index is -2.67. The first-order valence-corrected chi connectivity index (χ1v) is 18.6. The highest BCUT2D eigenvalue weighted by molar-refractivity contribution is 7.96. The van der Waals surface area contributed by atoms with Crippen LogP contribution in [-0.2, 0) is 13.0 Å². The quantitative estimate of drug-likeness (QED) is 0.0761. The molecule has 1 saturated heterocycles. The minimum Gasteiger partial charge on any atom is -0.356 e. The molecule has 6 nitrogen and oxygen atoms in total. The third-order valence-corrected chi connectivity index (χ3v) is 8.59. The van der Waals surface area contributed by atoms with Crippen molar-refractivity contribution in [1.82, 2.24) is 24.8 Å². The van der Waals surface area contributed by atoms with Crippen molar-refractivity contribution in [1.29, 1.82) is 0 Å². The summed E-state index contributed by atoms with van der Waals surface area (Å²) in [5.41, 5.74) is 7.19. The van der Waals surface area contributed by atoms with Crippen LogP contribution in [0.25, 0.3) is 33.6 Å². The molecule has 2 N–H and O–H groups in total. The van der Waals surface area contributed by atoms with Crippen molar-refractivity contribution >= 4 is 17.8 Å². The van der Waals surface area contributed by atoms with E-state index in [2.05, 4.69) is 40.0 Å². The van der Waals surface area contributed by atoms with Crippen molar-refractivity contribution < 1.29 is 17.6 Å². The molecule has 1 aliphatic rings. The summed E-state index contributed by atoms with van der Waals surface area (Å²) in [7, 11) is 1.89. The fourth-order valence-corrected chi connectivity index (χ4v) is 5.95. The molecular weight excluding hydrogens is 673 g/mol. The molecule has 3 heterocycles. The highest BCUT2D eigenvalue weighted by Gasteiger charge is 2.18. The number of aryl methyl sites for hydroxylation is 1. The van der Waals surface area contributed by atoms with Crippen LogP contribution in [0.1, 0.15) is 57.2 Å². The lowest BCUT2D eigenvalue weighted by molar-refractivity contribution is 0.0568. The van der Waals surface area contributed by atoms with Crippen LogP contribution in [0.2, 0.25) is 0 Å². The molecule has 11 heteroatoms. The average molecular weight is 721 g/mol. The molecule has 0 amide bonds. The topological polar surface area (TPSA) is 58.0 Å². The van der Waals surface area contributed by atoms with Crippen molar-refractivity contribution in [2.45, 2.75) is 59.0 Å². The van der Waals surface area contributed by atoms with E-state index in [9.17, 15) is 17.6 Å². The second kappa shape index (κ2) is 20.6.